The monoisotopic (exact) mass is 311 g/mol. The smallest absolute Gasteiger partial charge is 0.259 e. The molecule has 0 saturated carbocycles. The highest BCUT2D eigenvalue weighted by atomic mass is 16.5. The van der Waals surface area contributed by atoms with Gasteiger partial charge in [0.05, 0.1) is 6.04 Å². The molecule has 4 rings (SSSR count). The number of likely N-dealkylation sites (tertiary alicyclic amines) is 1. The van der Waals surface area contributed by atoms with Gasteiger partial charge in [0.25, 0.3) is 5.91 Å². The molecule has 1 amide bonds. The first-order chi connectivity index (χ1) is 11.2. The van der Waals surface area contributed by atoms with Gasteiger partial charge in [-0.05, 0) is 12.1 Å². The highest BCUT2D eigenvalue weighted by Gasteiger charge is 2.42. The van der Waals surface area contributed by atoms with Gasteiger partial charge < -0.3 is 9.64 Å². The van der Waals surface area contributed by atoms with Gasteiger partial charge in [0.15, 0.2) is 0 Å². The zero-order valence-corrected chi connectivity index (χ0v) is 12.8. The van der Waals surface area contributed by atoms with Crippen molar-refractivity contribution < 1.29 is 9.53 Å². The van der Waals surface area contributed by atoms with Crippen LogP contribution in [0.15, 0.2) is 37.1 Å². The second-order valence-corrected chi connectivity index (χ2v) is 5.94. The van der Waals surface area contributed by atoms with Gasteiger partial charge in [0, 0.05) is 50.8 Å². The molecule has 0 N–H and O–H groups in total. The van der Waals surface area contributed by atoms with Crippen molar-refractivity contribution in [3.8, 4) is 5.88 Å². The van der Waals surface area contributed by atoms with E-state index in [2.05, 4.69) is 19.9 Å². The van der Waals surface area contributed by atoms with Gasteiger partial charge in [-0.25, -0.2) is 15.0 Å². The lowest BCUT2D eigenvalue weighted by atomic mass is 10.2. The lowest BCUT2D eigenvalue weighted by Gasteiger charge is -2.25. The SMILES string of the molecule is CN1C(=O)c2cccnc2OC2CN(Cc3cncnc3)CC21. The largest absolute Gasteiger partial charge is 0.470 e. The van der Waals surface area contributed by atoms with Gasteiger partial charge in [-0.3, -0.25) is 9.69 Å². The third kappa shape index (κ3) is 2.53. The van der Waals surface area contributed by atoms with E-state index < -0.39 is 0 Å². The number of amides is 1. The van der Waals surface area contributed by atoms with Crippen LogP contribution in [0.2, 0.25) is 0 Å². The summed E-state index contributed by atoms with van der Waals surface area (Å²) in [7, 11) is 1.83. The van der Waals surface area contributed by atoms with Crippen LogP contribution in [0.5, 0.6) is 5.88 Å². The molecule has 118 valence electrons. The summed E-state index contributed by atoms with van der Waals surface area (Å²) >= 11 is 0. The summed E-state index contributed by atoms with van der Waals surface area (Å²) in [5.41, 5.74) is 1.59. The first-order valence-electron chi connectivity index (χ1n) is 7.57. The Labute approximate surface area is 133 Å². The molecule has 1 saturated heterocycles. The van der Waals surface area contributed by atoms with Crippen LogP contribution in [-0.2, 0) is 6.54 Å². The number of nitrogens with zero attached hydrogens (tertiary/aromatic N) is 5. The first-order valence-corrected chi connectivity index (χ1v) is 7.57. The topological polar surface area (TPSA) is 71.5 Å². The summed E-state index contributed by atoms with van der Waals surface area (Å²) in [5.74, 6) is 0.396. The predicted octanol–water partition coefficient (Wildman–Crippen LogP) is 0.589. The molecule has 0 bridgehead atoms. The third-order valence-electron chi connectivity index (χ3n) is 4.42. The Morgan fingerprint density at radius 1 is 1.30 bits per heavy atom. The number of pyridine rings is 1. The van der Waals surface area contributed by atoms with Crippen molar-refractivity contribution in [3.63, 3.8) is 0 Å². The average Bonchev–Trinajstić information content (AvgIpc) is 2.93. The second kappa shape index (κ2) is 5.58. The number of hydrogen-bond donors (Lipinski definition) is 0. The Morgan fingerprint density at radius 2 is 2.13 bits per heavy atom. The highest BCUT2D eigenvalue weighted by molar-refractivity contribution is 5.96. The summed E-state index contributed by atoms with van der Waals surface area (Å²) < 4.78 is 6.04. The Hall–Kier alpha value is -2.54. The fourth-order valence-electron chi connectivity index (χ4n) is 3.25. The Kier molecular flexibility index (Phi) is 3.42. The minimum atomic E-state index is -0.0790. The molecule has 0 spiro atoms. The zero-order valence-electron chi connectivity index (χ0n) is 12.8. The van der Waals surface area contributed by atoms with E-state index in [9.17, 15) is 4.79 Å². The molecular formula is C16H17N5O2. The minimum Gasteiger partial charge on any atom is -0.470 e. The molecule has 1 fully saturated rings. The van der Waals surface area contributed by atoms with Gasteiger partial charge in [-0.15, -0.1) is 0 Å². The normalized spacial score (nSPS) is 23.9. The van der Waals surface area contributed by atoms with Crippen molar-refractivity contribution in [2.75, 3.05) is 20.1 Å². The van der Waals surface area contributed by atoms with Crippen molar-refractivity contribution >= 4 is 5.91 Å². The summed E-state index contributed by atoms with van der Waals surface area (Å²) in [6.45, 7) is 2.25. The molecule has 2 aromatic rings. The van der Waals surface area contributed by atoms with Gasteiger partial charge in [-0.2, -0.15) is 0 Å². The molecule has 2 aliphatic heterocycles. The van der Waals surface area contributed by atoms with Crippen LogP contribution in [0, 0.1) is 0 Å². The van der Waals surface area contributed by atoms with Gasteiger partial charge in [0.1, 0.15) is 18.0 Å². The fraction of sp³-hybridized carbons (Fsp3) is 0.375. The second-order valence-electron chi connectivity index (χ2n) is 5.94. The molecule has 2 unspecified atom stereocenters. The number of carbonyl (C=O) groups excluding carboxylic acids is 1. The predicted molar refractivity (Wildman–Crippen MR) is 81.8 cm³/mol. The lowest BCUT2D eigenvalue weighted by Crippen LogP contribution is -2.44. The Morgan fingerprint density at radius 3 is 2.96 bits per heavy atom. The first kappa shape index (κ1) is 14.1. The lowest BCUT2D eigenvalue weighted by molar-refractivity contribution is 0.0680. The molecule has 0 aromatic carbocycles. The number of carbonyl (C=O) groups is 1. The number of fused-ring (bicyclic) bond motifs is 2. The van der Waals surface area contributed by atoms with Crippen molar-refractivity contribution in [3.05, 3.63) is 48.2 Å². The van der Waals surface area contributed by atoms with Crippen molar-refractivity contribution in [1.29, 1.82) is 0 Å². The maximum absolute atomic E-state index is 12.6. The number of likely N-dealkylation sites (N-methyl/N-ethyl adjacent to an activating group) is 1. The van der Waals surface area contributed by atoms with Crippen molar-refractivity contribution in [2.24, 2.45) is 0 Å². The molecule has 0 radical (unpaired) electrons. The van der Waals surface area contributed by atoms with Gasteiger partial charge >= 0.3 is 0 Å². The van der Waals surface area contributed by atoms with Crippen molar-refractivity contribution in [1.82, 2.24) is 24.8 Å². The molecule has 2 atom stereocenters. The molecule has 4 heterocycles. The van der Waals surface area contributed by atoms with E-state index in [1.54, 1.807) is 23.2 Å². The Balaban J connectivity index is 1.57. The van der Waals surface area contributed by atoms with Crippen LogP contribution in [0.25, 0.3) is 0 Å². The van der Waals surface area contributed by atoms with E-state index >= 15 is 0 Å². The van der Waals surface area contributed by atoms with Gasteiger partial charge in [-0.1, -0.05) is 0 Å². The van der Waals surface area contributed by atoms with Crippen LogP contribution < -0.4 is 4.74 Å². The number of rotatable bonds is 2. The summed E-state index contributed by atoms with van der Waals surface area (Å²) in [6, 6.07) is 3.54. The molecule has 23 heavy (non-hydrogen) atoms. The van der Waals surface area contributed by atoms with E-state index in [1.807, 2.05) is 19.4 Å². The summed E-state index contributed by atoms with van der Waals surface area (Å²) in [6.07, 6.45) is 6.72. The van der Waals surface area contributed by atoms with Crippen LogP contribution in [0.4, 0.5) is 0 Å². The Bertz CT molecular complexity index is 723. The molecule has 2 aromatic heterocycles. The molecule has 0 aliphatic carbocycles. The molecule has 7 nitrogen and oxygen atoms in total. The van der Waals surface area contributed by atoms with E-state index in [1.165, 1.54) is 6.33 Å². The standard InChI is InChI=1S/C16H17N5O2/c1-20-13-8-21(7-11-5-17-10-18-6-11)9-14(13)23-15-12(16(20)22)3-2-4-19-15/h2-6,10,13-14H,7-9H2,1H3. The number of hydrogen-bond acceptors (Lipinski definition) is 6. The molecule has 2 aliphatic rings. The van der Waals surface area contributed by atoms with Crippen molar-refractivity contribution in [2.45, 2.75) is 18.7 Å². The quantitative estimate of drug-likeness (QED) is 0.808. The van der Waals surface area contributed by atoms with E-state index in [0.717, 1.165) is 25.2 Å². The molecular weight excluding hydrogens is 294 g/mol. The number of ether oxygens (including phenoxy) is 1. The van der Waals surface area contributed by atoms with Crippen LogP contribution >= 0.6 is 0 Å². The fourth-order valence-corrected chi connectivity index (χ4v) is 3.25. The van der Waals surface area contributed by atoms with E-state index in [-0.39, 0.29) is 18.1 Å². The summed E-state index contributed by atoms with van der Waals surface area (Å²) in [4.78, 5) is 29.0. The van der Waals surface area contributed by atoms with Crippen LogP contribution in [0.3, 0.4) is 0 Å². The zero-order chi connectivity index (χ0) is 15.8. The molecule has 7 heteroatoms. The van der Waals surface area contributed by atoms with E-state index in [4.69, 9.17) is 4.74 Å². The maximum Gasteiger partial charge on any atom is 0.259 e. The van der Waals surface area contributed by atoms with Crippen LogP contribution in [0.1, 0.15) is 15.9 Å². The van der Waals surface area contributed by atoms with Crippen LogP contribution in [-0.4, -0.2) is 62.9 Å². The summed E-state index contributed by atoms with van der Waals surface area (Å²) in [5, 5.41) is 0. The average molecular weight is 311 g/mol. The maximum atomic E-state index is 12.6. The van der Waals surface area contributed by atoms with Gasteiger partial charge in [0.2, 0.25) is 5.88 Å². The third-order valence-corrected chi connectivity index (χ3v) is 4.42. The van der Waals surface area contributed by atoms with E-state index in [0.29, 0.717) is 11.4 Å². The highest BCUT2D eigenvalue weighted by Crippen LogP contribution is 2.29. The number of aromatic nitrogens is 3. The minimum absolute atomic E-state index is 0.0151.